The lowest BCUT2D eigenvalue weighted by atomic mass is 9.82. The van der Waals surface area contributed by atoms with Crippen molar-refractivity contribution in [2.75, 3.05) is 13.1 Å². The Balaban J connectivity index is 2.12. The predicted molar refractivity (Wildman–Crippen MR) is 83.7 cm³/mol. The monoisotopic (exact) mass is 294 g/mol. The second-order valence-electron chi connectivity index (χ2n) is 7.41. The summed E-state index contributed by atoms with van der Waals surface area (Å²) in [4.78, 5) is 4.07. The predicted octanol–water partition coefficient (Wildman–Crippen LogP) is 1.44. The van der Waals surface area contributed by atoms with Gasteiger partial charge in [0.25, 0.3) is 0 Å². The number of piperazine rings is 1. The summed E-state index contributed by atoms with van der Waals surface area (Å²) in [5.74, 6) is 1.50. The smallest absolute Gasteiger partial charge is 0.188 e. The van der Waals surface area contributed by atoms with Crippen LogP contribution in [0.25, 0.3) is 0 Å². The van der Waals surface area contributed by atoms with Crippen LogP contribution in [0.15, 0.2) is 0 Å². The molecule has 1 aromatic heterocycles. The topological polar surface area (TPSA) is 58.9 Å². The van der Waals surface area contributed by atoms with Crippen LogP contribution in [0.5, 0.6) is 0 Å². The Morgan fingerprint density at radius 2 is 2.10 bits per heavy atom. The first-order valence-corrected chi connectivity index (χ1v) is 8.01. The number of hydrogen-bond acceptors (Lipinski definition) is 5. The van der Waals surface area contributed by atoms with Crippen molar-refractivity contribution in [3.05, 3.63) is 5.82 Å². The van der Waals surface area contributed by atoms with Crippen molar-refractivity contribution in [2.24, 2.45) is 18.4 Å². The Morgan fingerprint density at radius 1 is 1.38 bits per heavy atom. The van der Waals surface area contributed by atoms with E-state index < -0.39 is 0 Å². The van der Waals surface area contributed by atoms with Gasteiger partial charge in [-0.25, -0.2) is 0 Å². The maximum atomic E-state index is 4.34. The second-order valence-corrected chi connectivity index (χ2v) is 7.41. The standard InChI is InChI=1S/C15H30N6/c1-7-11(2)12-9-21(10-14-17-19-20(6)18-14)13(8-16-12)15(3,4)5/h11-13,16H,7-10H2,1-6H3. The van der Waals surface area contributed by atoms with Gasteiger partial charge in [0.1, 0.15) is 0 Å². The van der Waals surface area contributed by atoms with Crippen LogP contribution in [0.2, 0.25) is 0 Å². The maximum Gasteiger partial charge on any atom is 0.188 e. The summed E-state index contributed by atoms with van der Waals surface area (Å²) < 4.78 is 0. The van der Waals surface area contributed by atoms with Crippen LogP contribution in [0.4, 0.5) is 0 Å². The minimum Gasteiger partial charge on any atom is -0.311 e. The number of hydrogen-bond donors (Lipinski definition) is 1. The molecule has 1 aromatic rings. The highest BCUT2D eigenvalue weighted by Gasteiger charge is 2.37. The molecule has 21 heavy (non-hydrogen) atoms. The summed E-state index contributed by atoms with van der Waals surface area (Å²) >= 11 is 0. The third-order valence-electron chi connectivity index (χ3n) is 4.67. The van der Waals surface area contributed by atoms with Gasteiger partial charge in [0.05, 0.1) is 13.6 Å². The SMILES string of the molecule is CCC(C)C1CN(Cc2nnn(C)n2)C(C(C)(C)C)CN1. The molecule has 0 spiro atoms. The average Bonchev–Trinajstić information content (AvgIpc) is 2.82. The quantitative estimate of drug-likeness (QED) is 0.910. The van der Waals surface area contributed by atoms with Crippen LogP contribution in [0, 0.1) is 11.3 Å². The fourth-order valence-corrected chi connectivity index (χ4v) is 3.10. The zero-order chi connectivity index (χ0) is 15.6. The zero-order valence-electron chi connectivity index (χ0n) is 14.3. The molecule has 2 heterocycles. The number of nitrogens with one attached hydrogen (secondary N) is 1. The fraction of sp³-hybridized carbons (Fsp3) is 0.933. The lowest BCUT2D eigenvalue weighted by Gasteiger charge is -2.47. The number of aromatic nitrogens is 4. The van der Waals surface area contributed by atoms with Crippen LogP contribution in [0.1, 0.15) is 46.9 Å². The average molecular weight is 294 g/mol. The number of nitrogens with zero attached hydrogens (tertiary/aromatic N) is 5. The van der Waals surface area contributed by atoms with Crippen molar-refractivity contribution in [1.82, 2.24) is 30.4 Å². The number of aryl methyl sites for hydroxylation is 1. The molecule has 0 amide bonds. The molecule has 0 aliphatic carbocycles. The van der Waals surface area contributed by atoms with Crippen molar-refractivity contribution in [3.63, 3.8) is 0 Å². The lowest BCUT2D eigenvalue weighted by Crippen LogP contribution is -2.61. The van der Waals surface area contributed by atoms with Crippen molar-refractivity contribution in [3.8, 4) is 0 Å². The number of tetrazole rings is 1. The van der Waals surface area contributed by atoms with Gasteiger partial charge in [0.2, 0.25) is 0 Å². The van der Waals surface area contributed by atoms with E-state index in [1.165, 1.54) is 11.2 Å². The number of rotatable bonds is 4. The molecule has 6 nitrogen and oxygen atoms in total. The molecular weight excluding hydrogens is 264 g/mol. The molecule has 3 atom stereocenters. The molecule has 1 aliphatic heterocycles. The lowest BCUT2D eigenvalue weighted by molar-refractivity contribution is 0.0360. The first-order chi connectivity index (χ1) is 9.81. The van der Waals surface area contributed by atoms with Gasteiger partial charge in [-0.15, -0.1) is 10.2 Å². The van der Waals surface area contributed by atoms with Crippen LogP contribution < -0.4 is 5.32 Å². The minimum atomic E-state index is 0.232. The highest BCUT2D eigenvalue weighted by molar-refractivity contribution is 4.95. The van der Waals surface area contributed by atoms with E-state index >= 15 is 0 Å². The van der Waals surface area contributed by atoms with Gasteiger partial charge in [0.15, 0.2) is 5.82 Å². The molecule has 3 unspecified atom stereocenters. The van der Waals surface area contributed by atoms with Crippen molar-refractivity contribution >= 4 is 0 Å². The second kappa shape index (κ2) is 6.40. The van der Waals surface area contributed by atoms with E-state index in [0.29, 0.717) is 18.0 Å². The summed E-state index contributed by atoms with van der Waals surface area (Å²) in [5, 5.41) is 16.2. The van der Waals surface area contributed by atoms with E-state index in [1.54, 1.807) is 0 Å². The van der Waals surface area contributed by atoms with Crippen LogP contribution in [-0.4, -0.2) is 50.3 Å². The van der Waals surface area contributed by atoms with E-state index in [9.17, 15) is 0 Å². The summed E-state index contributed by atoms with van der Waals surface area (Å²) in [6.45, 7) is 14.4. The van der Waals surface area contributed by atoms with E-state index in [4.69, 9.17) is 0 Å². The van der Waals surface area contributed by atoms with Crippen molar-refractivity contribution in [1.29, 1.82) is 0 Å². The van der Waals surface area contributed by atoms with Gasteiger partial charge in [-0.3, -0.25) is 4.90 Å². The molecule has 0 aromatic carbocycles. The van der Waals surface area contributed by atoms with Crippen LogP contribution in [0.3, 0.4) is 0 Å². The molecule has 6 heteroatoms. The largest absolute Gasteiger partial charge is 0.311 e. The zero-order valence-corrected chi connectivity index (χ0v) is 14.3. The van der Waals surface area contributed by atoms with Gasteiger partial charge in [0, 0.05) is 25.2 Å². The molecule has 0 saturated carbocycles. The third kappa shape index (κ3) is 4.01. The summed E-state index contributed by atoms with van der Waals surface area (Å²) in [7, 11) is 1.82. The Hall–Kier alpha value is -1.01. The molecule has 2 rings (SSSR count). The summed E-state index contributed by atoms with van der Waals surface area (Å²) in [6.07, 6.45) is 1.20. The molecule has 120 valence electrons. The molecule has 0 bridgehead atoms. The molecule has 0 radical (unpaired) electrons. The van der Waals surface area contributed by atoms with Crippen LogP contribution >= 0.6 is 0 Å². The molecular formula is C15H30N6. The van der Waals surface area contributed by atoms with Crippen molar-refractivity contribution in [2.45, 2.75) is 59.7 Å². The van der Waals surface area contributed by atoms with Gasteiger partial charge in [-0.05, 0) is 16.5 Å². The van der Waals surface area contributed by atoms with Crippen molar-refractivity contribution < 1.29 is 0 Å². The Kier molecular flexibility index (Phi) is 4.99. The van der Waals surface area contributed by atoms with E-state index in [-0.39, 0.29) is 5.41 Å². The highest BCUT2D eigenvalue weighted by Crippen LogP contribution is 2.28. The van der Waals surface area contributed by atoms with Gasteiger partial charge in [-0.1, -0.05) is 41.0 Å². The summed E-state index contributed by atoms with van der Waals surface area (Å²) in [5.41, 5.74) is 0.232. The minimum absolute atomic E-state index is 0.232. The first-order valence-electron chi connectivity index (χ1n) is 8.01. The molecule has 1 aliphatic rings. The Labute approximate surface area is 128 Å². The van der Waals surface area contributed by atoms with Gasteiger partial charge < -0.3 is 5.32 Å². The first kappa shape index (κ1) is 16.4. The van der Waals surface area contributed by atoms with E-state index in [1.807, 2.05) is 7.05 Å². The Bertz CT molecular complexity index is 449. The van der Waals surface area contributed by atoms with E-state index in [2.05, 4.69) is 60.2 Å². The normalized spacial score (nSPS) is 26.0. The summed E-state index contributed by atoms with van der Waals surface area (Å²) in [6, 6.07) is 1.03. The van der Waals surface area contributed by atoms with Crippen LogP contribution in [-0.2, 0) is 13.6 Å². The van der Waals surface area contributed by atoms with Gasteiger partial charge >= 0.3 is 0 Å². The highest BCUT2D eigenvalue weighted by atomic mass is 15.6. The molecule has 1 saturated heterocycles. The molecule has 1 N–H and O–H groups in total. The van der Waals surface area contributed by atoms with E-state index in [0.717, 1.165) is 25.5 Å². The fourth-order valence-electron chi connectivity index (χ4n) is 3.10. The third-order valence-corrected chi connectivity index (χ3v) is 4.67. The Morgan fingerprint density at radius 3 is 2.62 bits per heavy atom. The maximum absolute atomic E-state index is 4.34. The molecule has 1 fully saturated rings. The van der Waals surface area contributed by atoms with Gasteiger partial charge in [-0.2, -0.15) is 4.80 Å².